The number of hydrogen-bond acceptors (Lipinski definition) is 1. The van der Waals surface area contributed by atoms with Gasteiger partial charge in [-0.25, -0.2) is 0 Å². The minimum atomic E-state index is 0.648. The van der Waals surface area contributed by atoms with Gasteiger partial charge in [0.25, 0.3) is 0 Å². The Labute approximate surface area is 312 Å². The Balaban J connectivity index is 1.22. The molecule has 0 aliphatic heterocycles. The van der Waals surface area contributed by atoms with Crippen LogP contribution in [0.15, 0.2) is 137 Å². The van der Waals surface area contributed by atoms with Crippen molar-refractivity contribution in [3.05, 3.63) is 142 Å². The third kappa shape index (κ3) is 10.3. The molecule has 2 fully saturated rings. The molecule has 5 aliphatic rings. The van der Waals surface area contributed by atoms with Crippen LogP contribution in [0.3, 0.4) is 0 Å². The summed E-state index contributed by atoms with van der Waals surface area (Å²) >= 11 is 0. The van der Waals surface area contributed by atoms with Crippen molar-refractivity contribution >= 4 is 0 Å². The summed E-state index contributed by atoms with van der Waals surface area (Å²) in [5.74, 6) is 3.03. The Bertz CT molecular complexity index is 1550. The summed E-state index contributed by atoms with van der Waals surface area (Å²) in [5, 5.41) is 4.14. The fourth-order valence-corrected chi connectivity index (χ4v) is 9.90. The summed E-state index contributed by atoms with van der Waals surface area (Å²) < 4.78 is 0. The van der Waals surface area contributed by atoms with Gasteiger partial charge in [-0.3, -0.25) is 0 Å². The fraction of sp³-hybridized carbons (Fsp3) is 0.520. The lowest BCUT2D eigenvalue weighted by Gasteiger charge is -2.38. The summed E-state index contributed by atoms with van der Waals surface area (Å²) in [4.78, 5) is 0. The summed E-state index contributed by atoms with van der Waals surface area (Å²) in [6, 6.07) is 12.0. The molecule has 0 amide bonds. The molecule has 1 aromatic carbocycles. The van der Waals surface area contributed by atoms with Crippen molar-refractivity contribution < 1.29 is 0 Å². The highest BCUT2D eigenvalue weighted by Crippen LogP contribution is 2.43. The first-order valence-corrected chi connectivity index (χ1v) is 21.1. The molecule has 0 radical (unpaired) electrons. The van der Waals surface area contributed by atoms with Gasteiger partial charge in [0.1, 0.15) is 0 Å². The van der Waals surface area contributed by atoms with Crippen molar-refractivity contribution in [2.24, 2.45) is 17.8 Å². The van der Waals surface area contributed by atoms with Crippen LogP contribution in [-0.4, -0.2) is 12.6 Å². The van der Waals surface area contributed by atoms with Gasteiger partial charge >= 0.3 is 0 Å². The monoisotopic (exact) mass is 682 g/mol. The third-order valence-electron chi connectivity index (χ3n) is 12.9. The first kappa shape index (κ1) is 37.6. The number of rotatable bonds is 15. The minimum absolute atomic E-state index is 0.648. The van der Waals surface area contributed by atoms with E-state index in [-0.39, 0.29) is 0 Å². The first-order valence-electron chi connectivity index (χ1n) is 21.1. The molecule has 0 spiro atoms. The smallest absolute Gasteiger partial charge is 0.0173 e. The largest absolute Gasteiger partial charge is 0.310 e. The maximum Gasteiger partial charge on any atom is 0.0173 e. The van der Waals surface area contributed by atoms with Crippen molar-refractivity contribution in [1.82, 2.24) is 5.32 Å². The highest BCUT2D eigenvalue weighted by molar-refractivity contribution is 5.61. The van der Waals surface area contributed by atoms with E-state index in [9.17, 15) is 0 Å². The van der Waals surface area contributed by atoms with Crippen LogP contribution in [0.1, 0.15) is 141 Å². The second kappa shape index (κ2) is 19.6. The summed E-state index contributed by atoms with van der Waals surface area (Å²) in [6.07, 6.45) is 46.8. The molecular weight excluding hydrogens is 615 g/mol. The van der Waals surface area contributed by atoms with Gasteiger partial charge in [-0.05, 0) is 159 Å². The van der Waals surface area contributed by atoms with E-state index >= 15 is 0 Å². The molecule has 5 atom stereocenters. The number of nitrogens with one attached hydrogen (secondary N) is 1. The van der Waals surface area contributed by atoms with E-state index in [1.807, 2.05) is 0 Å². The Morgan fingerprint density at radius 3 is 2.61 bits per heavy atom. The topological polar surface area (TPSA) is 12.0 Å². The third-order valence-corrected chi connectivity index (χ3v) is 12.9. The Hall–Kier alpha value is -3.16. The molecule has 6 rings (SSSR count). The minimum Gasteiger partial charge on any atom is -0.310 e. The molecule has 1 N–H and O–H groups in total. The zero-order chi connectivity index (χ0) is 35.3. The quantitative estimate of drug-likeness (QED) is 0.110. The highest BCUT2D eigenvalue weighted by Gasteiger charge is 2.31. The Morgan fingerprint density at radius 2 is 1.75 bits per heavy atom. The maximum atomic E-state index is 4.26. The molecule has 0 heterocycles. The molecule has 5 aliphatic carbocycles. The molecule has 0 aromatic heterocycles. The zero-order valence-corrected chi connectivity index (χ0v) is 32.2. The van der Waals surface area contributed by atoms with E-state index in [0.717, 1.165) is 44.1 Å². The number of benzene rings is 1. The second-order valence-corrected chi connectivity index (χ2v) is 16.3. The van der Waals surface area contributed by atoms with Gasteiger partial charge in [0.2, 0.25) is 0 Å². The standard InChI is InChI=1S/C50H67N/c1-4-6-7-8-9-10-12-20-39(5-2)48-34-33-47(49-27-17-18-28-50(48)49)38(3)29-30-45(37-51-46-32-31-41-23-15-16-24-44(41)36-46)43-26-19-25-42(35-43)40-21-13-11-14-22-40/h5,10-15,17,20-23,27,29-30,41-44,46,51H,2,4,6-9,16,18-19,24-26,28,31-37H2,1,3H3/b12-10-,38-29+,39-20+,45-30+/t41?,42?,43-,44?,46?/m1/s1. The van der Waals surface area contributed by atoms with Crippen LogP contribution in [0.25, 0.3) is 0 Å². The van der Waals surface area contributed by atoms with Gasteiger partial charge < -0.3 is 5.32 Å². The molecule has 1 aromatic rings. The molecule has 272 valence electrons. The van der Waals surface area contributed by atoms with Gasteiger partial charge in [0, 0.05) is 12.6 Å². The van der Waals surface area contributed by atoms with Crippen molar-refractivity contribution in [2.75, 3.05) is 6.54 Å². The molecular formula is C50H67N. The number of unbranched alkanes of at least 4 members (excludes halogenated alkanes) is 4. The fourth-order valence-electron chi connectivity index (χ4n) is 9.90. The summed E-state index contributed by atoms with van der Waals surface area (Å²) in [7, 11) is 0. The SMILES string of the molecule is C=C/C(=C\C=C/CCCCCC)C1=C2CCC=CC2=C(/C(C)=C/C=C(\CNC2CCC3C=CCCC3C2)[C@@H]2CCCC(c3ccccc3)C2)CC1. The van der Waals surface area contributed by atoms with Gasteiger partial charge in [-0.15, -0.1) is 0 Å². The number of fused-ring (bicyclic) bond motifs is 2. The molecule has 4 unspecified atom stereocenters. The lowest BCUT2D eigenvalue weighted by molar-refractivity contribution is 0.214. The molecule has 0 saturated heterocycles. The van der Waals surface area contributed by atoms with Crippen molar-refractivity contribution in [3.8, 4) is 0 Å². The average molecular weight is 682 g/mol. The van der Waals surface area contributed by atoms with Crippen molar-refractivity contribution in [1.29, 1.82) is 0 Å². The predicted octanol–water partition coefficient (Wildman–Crippen LogP) is 13.9. The zero-order valence-electron chi connectivity index (χ0n) is 32.2. The van der Waals surface area contributed by atoms with Crippen LogP contribution in [0.2, 0.25) is 0 Å². The average Bonchev–Trinajstić information content (AvgIpc) is 3.19. The second-order valence-electron chi connectivity index (χ2n) is 16.3. The Kier molecular flexibility index (Phi) is 14.5. The van der Waals surface area contributed by atoms with Gasteiger partial charge in [-0.2, -0.15) is 0 Å². The van der Waals surface area contributed by atoms with Gasteiger partial charge in [0.05, 0.1) is 0 Å². The Morgan fingerprint density at radius 1 is 0.863 bits per heavy atom. The van der Waals surface area contributed by atoms with E-state index < -0.39 is 0 Å². The van der Waals surface area contributed by atoms with E-state index in [1.165, 1.54) is 118 Å². The first-order chi connectivity index (χ1) is 25.1. The molecule has 2 saturated carbocycles. The van der Waals surface area contributed by atoms with Crippen LogP contribution in [0.5, 0.6) is 0 Å². The molecule has 1 heteroatoms. The number of allylic oxidation sites excluding steroid dienone is 16. The maximum absolute atomic E-state index is 4.26. The van der Waals surface area contributed by atoms with E-state index in [0.29, 0.717) is 17.9 Å². The van der Waals surface area contributed by atoms with E-state index in [2.05, 4.69) is 117 Å². The summed E-state index contributed by atoms with van der Waals surface area (Å²) in [6.45, 7) is 9.96. The van der Waals surface area contributed by atoms with Crippen LogP contribution >= 0.6 is 0 Å². The van der Waals surface area contributed by atoms with Crippen LogP contribution < -0.4 is 5.32 Å². The molecule has 1 nitrogen and oxygen atoms in total. The lowest BCUT2D eigenvalue weighted by atomic mass is 9.72. The molecule has 0 bridgehead atoms. The van der Waals surface area contributed by atoms with E-state index in [1.54, 1.807) is 16.7 Å². The predicted molar refractivity (Wildman–Crippen MR) is 222 cm³/mol. The van der Waals surface area contributed by atoms with Crippen LogP contribution in [-0.2, 0) is 0 Å². The number of hydrogen-bond donors (Lipinski definition) is 1. The normalized spacial score (nSPS) is 27.6. The summed E-state index contributed by atoms with van der Waals surface area (Å²) in [5.41, 5.74) is 12.1. The van der Waals surface area contributed by atoms with Crippen molar-refractivity contribution in [3.63, 3.8) is 0 Å². The lowest BCUT2D eigenvalue weighted by Crippen LogP contribution is -2.39. The van der Waals surface area contributed by atoms with Crippen LogP contribution in [0.4, 0.5) is 0 Å². The van der Waals surface area contributed by atoms with Crippen LogP contribution in [0, 0.1) is 17.8 Å². The molecule has 51 heavy (non-hydrogen) atoms. The van der Waals surface area contributed by atoms with Gasteiger partial charge in [0.15, 0.2) is 0 Å². The van der Waals surface area contributed by atoms with Gasteiger partial charge in [-0.1, -0.05) is 136 Å². The highest BCUT2D eigenvalue weighted by atomic mass is 14.9. The van der Waals surface area contributed by atoms with Crippen molar-refractivity contribution in [2.45, 2.75) is 141 Å². The van der Waals surface area contributed by atoms with E-state index in [4.69, 9.17) is 0 Å².